The van der Waals surface area contributed by atoms with Crippen molar-refractivity contribution < 1.29 is 4.79 Å². The molecule has 18 heavy (non-hydrogen) atoms. The summed E-state index contributed by atoms with van der Waals surface area (Å²) in [5.41, 5.74) is 1.34. The molecule has 0 aliphatic carbocycles. The highest BCUT2D eigenvalue weighted by Gasteiger charge is 2.27. The maximum Gasteiger partial charge on any atom is 0.222 e. The fourth-order valence-electron chi connectivity index (χ4n) is 2.50. The van der Waals surface area contributed by atoms with E-state index in [1.165, 1.54) is 5.56 Å². The molecule has 1 aromatic rings. The Kier molecular flexibility index (Phi) is 4.44. The number of carbonyl (C=O) groups excluding carboxylic acids is 1. The van der Waals surface area contributed by atoms with Crippen LogP contribution in [0.5, 0.6) is 0 Å². The number of hydrogen-bond donors (Lipinski definition) is 0. The standard InChI is InChI=1S/C15H20BrNO/c1-11(2)8-15(18)17-7-6-13(10-17)12-4-3-5-14(16)9-12/h3-5,9,11,13H,6-8,10H2,1-2H3. The van der Waals surface area contributed by atoms with Gasteiger partial charge in [0.15, 0.2) is 0 Å². The van der Waals surface area contributed by atoms with Crippen molar-refractivity contribution in [1.82, 2.24) is 4.90 Å². The monoisotopic (exact) mass is 309 g/mol. The molecule has 2 nitrogen and oxygen atoms in total. The van der Waals surface area contributed by atoms with Gasteiger partial charge in [-0.25, -0.2) is 0 Å². The number of benzene rings is 1. The fraction of sp³-hybridized carbons (Fsp3) is 0.533. The van der Waals surface area contributed by atoms with Crippen LogP contribution in [0.15, 0.2) is 28.7 Å². The SMILES string of the molecule is CC(C)CC(=O)N1CCC(c2cccc(Br)c2)C1. The van der Waals surface area contributed by atoms with Crippen LogP contribution >= 0.6 is 15.9 Å². The van der Waals surface area contributed by atoms with Crippen LogP contribution in [0.25, 0.3) is 0 Å². The molecule has 0 saturated carbocycles. The maximum atomic E-state index is 12.0. The number of nitrogens with zero attached hydrogens (tertiary/aromatic N) is 1. The van der Waals surface area contributed by atoms with Crippen LogP contribution in [0.1, 0.15) is 38.2 Å². The highest BCUT2D eigenvalue weighted by atomic mass is 79.9. The van der Waals surface area contributed by atoms with Crippen molar-refractivity contribution in [1.29, 1.82) is 0 Å². The van der Waals surface area contributed by atoms with Gasteiger partial charge in [0.1, 0.15) is 0 Å². The Hall–Kier alpha value is -0.830. The Labute approximate surface area is 117 Å². The minimum absolute atomic E-state index is 0.308. The molecule has 0 spiro atoms. The Morgan fingerprint density at radius 2 is 2.28 bits per heavy atom. The third kappa shape index (κ3) is 3.35. The van der Waals surface area contributed by atoms with Gasteiger partial charge >= 0.3 is 0 Å². The zero-order valence-electron chi connectivity index (χ0n) is 11.0. The van der Waals surface area contributed by atoms with E-state index >= 15 is 0 Å². The number of rotatable bonds is 3. The summed E-state index contributed by atoms with van der Waals surface area (Å²) in [6.45, 7) is 5.98. The van der Waals surface area contributed by atoms with Gasteiger partial charge in [-0.1, -0.05) is 41.9 Å². The van der Waals surface area contributed by atoms with Crippen LogP contribution in [0, 0.1) is 5.92 Å². The first-order valence-corrected chi connectivity index (χ1v) is 7.39. The molecule has 1 aliphatic heterocycles. The smallest absolute Gasteiger partial charge is 0.222 e. The lowest BCUT2D eigenvalue weighted by Crippen LogP contribution is -2.29. The molecule has 2 rings (SSSR count). The van der Waals surface area contributed by atoms with Crippen LogP contribution in [0.3, 0.4) is 0 Å². The van der Waals surface area contributed by atoms with Crippen LogP contribution in [-0.2, 0) is 4.79 Å². The average Bonchev–Trinajstić information content (AvgIpc) is 2.77. The van der Waals surface area contributed by atoms with Gasteiger partial charge in [0.05, 0.1) is 0 Å². The predicted molar refractivity (Wildman–Crippen MR) is 77.5 cm³/mol. The first kappa shape index (κ1) is 13.6. The molecule has 1 amide bonds. The van der Waals surface area contributed by atoms with E-state index in [1.54, 1.807) is 0 Å². The minimum Gasteiger partial charge on any atom is -0.342 e. The second kappa shape index (κ2) is 5.87. The molecule has 0 bridgehead atoms. The van der Waals surface area contributed by atoms with Crippen LogP contribution < -0.4 is 0 Å². The number of halogens is 1. The summed E-state index contributed by atoms with van der Waals surface area (Å²) >= 11 is 3.51. The third-order valence-electron chi connectivity index (χ3n) is 3.44. The molecule has 1 heterocycles. The van der Waals surface area contributed by atoms with E-state index in [0.29, 0.717) is 24.2 Å². The van der Waals surface area contributed by atoms with E-state index in [4.69, 9.17) is 0 Å². The largest absolute Gasteiger partial charge is 0.342 e. The molecule has 1 fully saturated rings. The molecule has 0 aromatic heterocycles. The average molecular weight is 310 g/mol. The first-order valence-electron chi connectivity index (χ1n) is 6.59. The summed E-state index contributed by atoms with van der Waals surface area (Å²) in [5, 5.41) is 0. The van der Waals surface area contributed by atoms with Gasteiger partial charge in [-0.3, -0.25) is 4.79 Å². The van der Waals surface area contributed by atoms with Crippen molar-refractivity contribution in [2.24, 2.45) is 5.92 Å². The maximum absolute atomic E-state index is 12.0. The highest BCUT2D eigenvalue weighted by Crippen LogP contribution is 2.29. The zero-order valence-corrected chi connectivity index (χ0v) is 12.6. The second-order valence-corrected chi connectivity index (χ2v) is 6.39. The molecular formula is C15H20BrNO. The number of amides is 1. The Bertz CT molecular complexity index is 430. The zero-order chi connectivity index (χ0) is 13.1. The van der Waals surface area contributed by atoms with Crippen molar-refractivity contribution in [3.63, 3.8) is 0 Å². The molecule has 3 heteroatoms. The normalized spacial score (nSPS) is 19.6. The van der Waals surface area contributed by atoms with E-state index in [-0.39, 0.29) is 0 Å². The molecule has 1 aliphatic rings. The summed E-state index contributed by atoms with van der Waals surface area (Å²) in [6.07, 6.45) is 1.76. The molecule has 1 unspecified atom stereocenters. The van der Waals surface area contributed by atoms with Crippen LogP contribution in [0.2, 0.25) is 0 Å². The third-order valence-corrected chi connectivity index (χ3v) is 3.94. The van der Waals surface area contributed by atoms with Gasteiger partial charge in [-0.15, -0.1) is 0 Å². The van der Waals surface area contributed by atoms with Crippen LogP contribution in [-0.4, -0.2) is 23.9 Å². The predicted octanol–water partition coefficient (Wildman–Crippen LogP) is 3.81. The molecule has 0 radical (unpaired) electrons. The van der Waals surface area contributed by atoms with Gasteiger partial charge in [-0.2, -0.15) is 0 Å². The van der Waals surface area contributed by atoms with Crippen molar-refractivity contribution >= 4 is 21.8 Å². The summed E-state index contributed by atoms with van der Waals surface area (Å²) in [6, 6.07) is 8.44. The number of likely N-dealkylation sites (tertiary alicyclic amines) is 1. The second-order valence-electron chi connectivity index (χ2n) is 5.48. The molecule has 1 aromatic carbocycles. The highest BCUT2D eigenvalue weighted by molar-refractivity contribution is 9.10. The van der Waals surface area contributed by atoms with E-state index in [2.05, 4.69) is 48.0 Å². The van der Waals surface area contributed by atoms with Crippen molar-refractivity contribution in [2.45, 2.75) is 32.6 Å². The number of hydrogen-bond acceptors (Lipinski definition) is 1. The topological polar surface area (TPSA) is 20.3 Å². The van der Waals surface area contributed by atoms with Crippen LogP contribution in [0.4, 0.5) is 0 Å². The van der Waals surface area contributed by atoms with Crippen molar-refractivity contribution in [2.75, 3.05) is 13.1 Å². The molecule has 98 valence electrons. The quantitative estimate of drug-likeness (QED) is 0.831. The Balaban J connectivity index is 1.98. The lowest BCUT2D eigenvalue weighted by Gasteiger charge is -2.18. The van der Waals surface area contributed by atoms with Gasteiger partial charge in [0.25, 0.3) is 0 Å². The van der Waals surface area contributed by atoms with Crippen molar-refractivity contribution in [3.8, 4) is 0 Å². The van der Waals surface area contributed by atoms with Gasteiger partial charge in [0.2, 0.25) is 5.91 Å². The number of carbonyl (C=O) groups is 1. The summed E-state index contributed by atoms with van der Waals surface area (Å²) in [5.74, 6) is 1.25. The molecule has 1 atom stereocenters. The summed E-state index contributed by atoms with van der Waals surface area (Å²) in [7, 11) is 0. The lowest BCUT2D eigenvalue weighted by atomic mass is 9.99. The molecule has 0 N–H and O–H groups in total. The molecule has 1 saturated heterocycles. The van der Waals surface area contributed by atoms with E-state index in [0.717, 1.165) is 24.0 Å². The fourth-order valence-corrected chi connectivity index (χ4v) is 2.91. The van der Waals surface area contributed by atoms with E-state index < -0.39 is 0 Å². The van der Waals surface area contributed by atoms with E-state index in [9.17, 15) is 4.79 Å². The van der Waals surface area contributed by atoms with Gasteiger partial charge < -0.3 is 4.90 Å². The summed E-state index contributed by atoms with van der Waals surface area (Å²) in [4.78, 5) is 14.0. The first-order chi connectivity index (χ1) is 8.56. The van der Waals surface area contributed by atoms with Gasteiger partial charge in [-0.05, 0) is 30.0 Å². The van der Waals surface area contributed by atoms with Crippen molar-refractivity contribution in [3.05, 3.63) is 34.3 Å². The van der Waals surface area contributed by atoms with Gasteiger partial charge in [0, 0.05) is 29.9 Å². The Morgan fingerprint density at radius 1 is 1.50 bits per heavy atom. The summed E-state index contributed by atoms with van der Waals surface area (Å²) < 4.78 is 1.12. The minimum atomic E-state index is 0.308. The van der Waals surface area contributed by atoms with E-state index in [1.807, 2.05) is 11.0 Å². The Morgan fingerprint density at radius 3 is 2.94 bits per heavy atom. The molecular weight excluding hydrogens is 290 g/mol. The lowest BCUT2D eigenvalue weighted by molar-refractivity contribution is -0.130.